The van der Waals surface area contributed by atoms with Crippen LogP contribution in [0.4, 0.5) is 0 Å². The van der Waals surface area contributed by atoms with Crippen LogP contribution in [0.25, 0.3) is 0 Å². The third kappa shape index (κ3) is 4.94. The molecule has 1 N–H and O–H groups in total. The van der Waals surface area contributed by atoms with Crippen LogP contribution in [0, 0.1) is 11.3 Å². The normalized spacial score (nSPS) is 9.50. The van der Waals surface area contributed by atoms with E-state index in [-0.39, 0.29) is 18.7 Å². The van der Waals surface area contributed by atoms with E-state index < -0.39 is 0 Å². The molecule has 0 saturated carbocycles. The van der Waals surface area contributed by atoms with E-state index in [0.717, 1.165) is 10.9 Å². The number of amides is 1. The molecule has 0 fully saturated rings. The molecule has 1 aromatic carbocycles. The lowest BCUT2D eigenvalue weighted by molar-refractivity contribution is -0.120. The molecule has 0 aliphatic rings. The van der Waals surface area contributed by atoms with Crippen LogP contribution < -0.4 is 5.32 Å². The molecule has 0 aromatic heterocycles. The summed E-state index contributed by atoms with van der Waals surface area (Å²) in [5.74, 6) is -0.0588. The highest BCUT2D eigenvalue weighted by molar-refractivity contribution is 9.10. The molecule has 0 atom stereocenters. The zero-order chi connectivity index (χ0) is 11.8. The van der Waals surface area contributed by atoms with Gasteiger partial charge in [0.1, 0.15) is 0 Å². The Morgan fingerprint density at radius 3 is 3.00 bits per heavy atom. The number of carbonyl (C=O) groups is 1. The van der Waals surface area contributed by atoms with E-state index in [2.05, 4.69) is 21.2 Å². The van der Waals surface area contributed by atoms with Gasteiger partial charge in [-0.15, -0.1) is 0 Å². The van der Waals surface area contributed by atoms with Crippen LogP contribution in [0.5, 0.6) is 0 Å². The van der Waals surface area contributed by atoms with Crippen LogP contribution >= 0.6 is 15.9 Å². The van der Waals surface area contributed by atoms with Crippen molar-refractivity contribution in [3.05, 3.63) is 34.3 Å². The molecule has 0 radical (unpaired) electrons. The minimum atomic E-state index is -0.0588. The summed E-state index contributed by atoms with van der Waals surface area (Å²) >= 11 is 3.39. The standard InChI is InChI=1S/C12H13BrN2O/c13-11-4-1-3-10(9-11)6-8-15-12(16)5-2-7-14/h1,3-4,9H,2,5-6,8H2,(H,15,16). The van der Waals surface area contributed by atoms with Crippen molar-refractivity contribution >= 4 is 21.8 Å². The Hall–Kier alpha value is -1.34. The van der Waals surface area contributed by atoms with Gasteiger partial charge in [-0.05, 0) is 24.1 Å². The maximum atomic E-state index is 11.2. The minimum absolute atomic E-state index is 0.0588. The van der Waals surface area contributed by atoms with Crippen molar-refractivity contribution in [2.75, 3.05) is 6.54 Å². The second-order valence-electron chi connectivity index (χ2n) is 3.39. The van der Waals surface area contributed by atoms with E-state index in [4.69, 9.17) is 5.26 Å². The molecule has 84 valence electrons. The number of halogens is 1. The lowest BCUT2D eigenvalue weighted by Crippen LogP contribution is -2.25. The maximum Gasteiger partial charge on any atom is 0.221 e. The summed E-state index contributed by atoms with van der Waals surface area (Å²) in [6, 6.07) is 9.93. The largest absolute Gasteiger partial charge is 0.356 e. The Labute approximate surface area is 104 Å². The molecular weight excluding hydrogens is 268 g/mol. The van der Waals surface area contributed by atoms with Crippen molar-refractivity contribution in [3.8, 4) is 6.07 Å². The molecule has 1 rings (SSSR count). The molecule has 0 heterocycles. The topological polar surface area (TPSA) is 52.9 Å². The third-order valence-electron chi connectivity index (χ3n) is 2.09. The van der Waals surface area contributed by atoms with E-state index >= 15 is 0 Å². The first-order chi connectivity index (χ1) is 7.72. The van der Waals surface area contributed by atoms with Gasteiger partial charge in [0, 0.05) is 23.9 Å². The van der Waals surface area contributed by atoms with Crippen LogP contribution in [0.2, 0.25) is 0 Å². The van der Waals surface area contributed by atoms with E-state index in [1.807, 2.05) is 30.3 Å². The average Bonchev–Trinajstić information content (AvgIpc) is 2.26. The van der Waals surface area contributed by atoms with E-state index in [9.17, 15) is 4.79 Å². The Morgan fingerprint density at radius 1 is 1.50 bits per heavy atom. The number of carbonyl (C=O) groups excluding carboxylic acids is 1. The Balaban J connectivity index is 2.26. The monoisotopic (exact) mass is 280 g/mol. The van der Waals surface area contributed by atoms with Gasteiger partial charge < -0.3 is 5.32 Å². The van der Waals surface area contributed by atoms with Crippen molar-refractivity contribution in [2.45, 2.75) is 19.3 Å². The van der Waals surface area contributed by atoms with Gasteiger partial charge >= 0.3 is 0 Å². The molecule has 16 heavy (non-hydrogen) atoms. The number of hydrogen-bond acceptors (Lipinski definition) is 2. The van der Waals surface area contributed by atoms with Gasteiger partial charge in [-0.1, -0.05) is 28.1 Å². The van der Waals surface area contributed by atoms with Crippen LogP contribution in [0.15, 0.2) is 28.7 Å². The number of benzene rings is 1. The summed E-state index contributed by atoms with van der Waals surface area (Å²) in [6.07, 6.45) is 1.37. The van der Waals surface area contributed by atoms with Crippen LogP contribution in [-0.2, 0) is 11.2 Å². The SMILES string of the molecule is N#CCCC(=O)NCCc1cccc(Br)c1. The smallest absolute Gasteiger partial charge is 0.221 e. The lowest BCUT2D eigenvalue weighted by atomic mass is 10.1. The Morgan fingerprint density at radius 2 is 2.31 bits per heavy atom. The van der Waals surface area contributed by atoms with E-state index in [1.165, 1.54) is 5.56 Å². The Kier molecular flexibility index (Phi) is 5.58. The third-order valence-corrected chi connectivity index (χ3v) is 2.58. The van der Waals surface area contributed by atoms with Crippen LogP contribution in [0.3, 0.4) is 0 Å². The van der Waals surface area contributed by atoms with Crippen molar-refractivity contribution < 1.29 is 4.79 Å². The van der Waals surface area contributed by atoms with Gasteiger partial charge in [-0.25, -0.2) is 0 Å². The highest BCUT2D eigenvalue weighted by Gasteiger charge is 2.00. The minimum Gasteiger partial charge on any atom is -0.356 e. The number of nitriles is 1. The predicted octanol–water partition coefficient (Wildman–Crippen LogP) is 2.41. The zero-order valence-corrected chi connectivity index (χ0v) is 10.5. The molecule has 0 saturated heterocycles. The molecular formula is C12H13BrN2O. The number of rotatable bonds is 5. The average molecular weight is 281 g/mol. The molecule has 4 heteroatoms. The van der Waals surface area contributed by atoms with Crippen LogP contribution in [-0.4, -0.2) is 12.5 Å². The van der Waals surface area contributed by atoms with Crippen molar-refractivity contribution in [1.82, 2.24) is 5.32 Å². The van der Waals surface area contributed by atoms with Gasteiger partial charge in [0.05, 0.1) is 6.07 Å². The molecule has 0 aliphatic carbocycles. The number of nitrogens with zero attached hydrogens (tertiary/aromatic N) is 1. The lowest BCUT2D eigenvalue weighted by Gasteiger charge is -2.04. The van der Waals surface area contributed by atoms with E-state index in [0.29, 0.717) is 6.54 Å². The second-order valence-corrected chi connectivity index (χ2v) is 4.30. The number of nitrogens with one attached hydrogen (secondary N) is 1. The summed E-state index contributed by atoms with van der Waals surface area (Å²) in [4.78, 5) is 11.2. The predicted molar refractivity (Wildman–Crippen MR) is 65.7 cm³/mol. The fraction of sp³-hybridized carbons (Fsp3) is 0.333. The first kappa shape index (κ1) is 12.7. The van der Waals surface area contributed by atoms with Crippen molar-refractivity contribution in [1.29, 1.82) is 5.26 Å². The summed E-state index contributed by atoms with van der Waals surface area (Å²) < 4.78 is 1.04. The van der Waals surface area contributed by atoms with Gasteiger partial charge in [0.25, 0.3) is 0 Å². The molecule has 0 spiro atoms. The second kappa shape index (κ2) is 7.02. The van der Waals surface area contributed by atoms with Crippen molar-refractivity contribution in [2.24, 2.45) is 0 Å². The molecule has 1 aromatic rings. The van der Waals surface area contributed by atoms with Gasteiger partial charge in [-0.2, -0.15) is 5.26 Å². The van der Waals surface area contributed by atoms with Crippen LogP contribution in [0.1, 0.15) is 18.4 Å². The zero-order valence-electron chi connectivity index (χ0n) is 8.87. The van der Waals surface area contributed by atoms with E-state index in [1.54, 1.807) is 0 Å². The fourth-order valence-electron chi connectivity index (χ4n) is 1.30. The van der Waals surface area contributed by atoms with Gasteiger partial charge in [0.15, 0.2) is 0 Å². The maximum absolute atomic E-state index is 11.2. The molecule has 1 amide bonds. The number of hydrogen-bond donors (Lipinski definition) is 1. The molecule has 3 nitrogen and oxygen atoms in total. The summed E-state index contributed by atoms with van der Waals surface area (Å²) in [7, 11) is 0. The summed E-state index contributed by atoms with van der Waals surface area (Å²) in [5, 5.41) is 11.1. The summed E-state index contributed by atoms with van der Waals surface area (Å²) in [6.45, 7) is 0.612. The molecule has 0 bridgehead atoms. The highest BCUT2D eigenvalue weighted by Crippen LogP contribution is 2.11. The van der Waals surface area contributed by atoms with Crippen molar-refractivity contribution in [3.63, 3.8) is 0 Å². The summed E-state index contributed by atoms with van der Waals surface area (Å²) in [5.41, 5.74) is 1.18. The quantitative estimate of drug-likeness (QED) is 0.901. The van der Waals surface area contributed by atoms with Gasteiger partial charge in [0.2, 0.25) is 5.91 Å². The fourth-order valence-corrected chi connectivity index (χ4v) is 1.74. The first-order valence-corrected chi connectivity index (χ1v) is 5.90. The molecule has 0 unspecified atom stereocenters. The Bertz CT molecular complexity index is 398. The first-order valence-electron chi connectivity index (χ1n) is 5.10. The van der Waals surface area contributed by atoms with Gasteiger partial charge in [-0.3, -0.25) is 4.79 Å². The molecule has 0 aliphatic heterocycles. The highest BCUT2D eigenvalue weighted by atomic mass is 79.9.